The highest BCUT2D eigenvalue weighted by molar-refractivity contribution is 5.57. The molecule has 0 spiro atoms. The largest absolute Gasteiger partial charge is 0.481 e. The van der Waals surface area contributed by atoms with Gasteiger partial charge in [0.05, 0.1) is 0 Å². The molecule has 0 bridgehead atoms. The fourth-order valence-corrected chi connectivity index (χ4v) is 2.37. The molecule has 0 fully saturated rings. The van der Waals surface area contributed by atoms with Crippen LogP contribution in [-0.2, 0) is 13.0 Å². The quantitative estimate of drug-likeness (QED) is 0.801. The lowest BCUT2D eigenvalue weighted by molar-refractivity contribution is 0.366. The van der Waals surface area contributed by atoms with Crippen molar-refractivity contribution < 1.29 is 4.74 Å². The average Bonchev–Trinajstić information content (AvgIpc) is 2.52. The van der Waals surface area contributed by atoms with E-state index in [4.69, 9.17) is 11.2 Å². The van der Waals surface area contributed by atoms with Crippen molar-refractivity contribution in [3.63, 3.8) is 0 Å². The van der Waals surface area contributed by atoms with E-state index in [2.05, 4.69) is 49.4 Å². The summed E-state index contributed by atoms with van der Waals surface area (Å²) in [4.78, 5) is 0. The minimum absolute atomic E-state index is 0.293. The lowest BCUT2D eigenvalue weighted by atomic mass is 10.1. The standard InChI is InChI=1S/C19H21NO/c1-4-13-21-18-12-7-6-10-17(18)14-20-19-15(3)9-8-11-16(19)5-2/h1,6-12,20H,5,13-14H2,2-3H3. The molecule has 0 amide bonds. The van der Waals surface area contributed by atoms with Gasteiger partial charge in [0.15, 0.2) is 0 Å². The van der Waals surface area contributed by atoms with E-state index < -0.39 is 0 Å². The first-order valence-corrected chi connectivity index (χ1v) is 7.22. The summed E-state index contributed by atoms with van der Waals surface area (Å²) >= 11 is 0. The van der Waals surface area contributed by atoms with Crippen LogP contribution in [0.15, 0.2) is 42.5 Å². The molecule has 0 aliphatic heterocycles. The fourth-order valence-electron chi connectivity index (χ4n) is 2.37. The Balaban J connectivity index is 2.16. The normalized spacial score (nSPS) is 9.95. The molecule has 0 heterocycles. The second-order valence-corrected chi connectivity index (χ2v) is 4.92. The van der Waals surface area contributed by atoms with Crippen LogP contribution in [0.3, 0.4) is 0 Å². The number of terminal acetylenes is 1. The minimum Gasteiger partial charge on any atom is -0.481 e. The zero-order valence-electron chi connectivity index (χ0n) is 12.6. The molecule has 1 N–H and O–H groups in total. The highest BCUT2D eigenvalue weighted by atomic mass is 16.5. The van der Waals surface area contributed by atoms with E-state index in [9.17, 15) is 0 Å². The lowest BCUT2D eigenvalue weighted by Crippen LogP contribution is -2.06. The van der Waals surface area contributed by atoms with Crippen LogP contribution in [0.5, 0.6) is 5.75 Å². The number of hydrogen-bond acceptors (Lipinski definition) is 2. The van der Waals surface area contributed by atoms with Crippen LogP contribution < -0.4 is 10.1 Å². The molecule has 2 rings (SSSR count). The Labute approximate surface area is 127 Å². The van der Waals surface area contributed by atoms with Crippen LogP contribution in [-0.4, -0.2) is 6.61 Å². The zero-order valence-corrected chi connectivity index (χ0v) is 12.6. The molecule has 0 unspecified atom stereocenters. The maximum absolute atomic E-state index is 5.59. The summed E-state index contributed by atoms with van der Waals surface area (Å²) in [6.45, 7) is 5.31. The number of aryl methyl sites for hydroxylation is 2. The summed E-state index contributed by atoms with van der Waals surface area (Å²) < 4.78 is 5.59. The number of hydrogen-bond donors (Lipinski definition) is 1. The van der Waals surface area contributed by atoms with Crippen molar-refractivity contribution in [2.45, 2.75) is 26.8 Å². The molecule has 0 aliphatic carbocycles. The highest BCUT2D eigenvalue weighted by Gasteiger charge is 2.06. The van der Waals surface area contributed by atoms with E-state index in [1.54, 1.807) is 0 Å². The van der Waals surface area contributed by atoms with E-state index in [1.807, 2.05) is 18.2 Å². The Kier molecular flexibility index (Phi) is 5.29. The van der Waals surface area contributed by atoms with Crippen molar-refractivity contribution in [2.24, 2.45) is 0 Å². The van der Waals surface area contributed by atoms with Gasteiger partial charge in [0.2, 0.25) is 0 Å². The molecular formula is C19H21NO. The molecular weight excluding hydrogens is 258 g/mol. The number of para-hydroxylation sites is 2. The molecule has 0 aliphatic rings. The number of rotatable bonds is 6. The predicted molar refractivity (Wildman–Crippen MR) is 88.7 cm³/mol. The van der Waals surface area contributed by atoms with Crippen LogP contribution >= 0.6 is 0 Å². The Hall–Kier alpha value is -2.40. The predicted octanol–water partition coefficient (Wildman–Crippen LogP) is 4.18. The number of ether oxygens (including phenoxy) is 1. The van der Waals surface area contributed by atoms with E-state index >= 15 is 0 Å². The first-order chi connectivity index (χ1) is 10.3. The molecule has 2 aromatic rings. The van der Waals surface area contributed by atoms with Crippen LogP contribution in [0.1, 0.15) is 23.6 Å². The maximum atomic E-state index is 5.59. The molecule has 108 valence electrons. The number of anilines is 1. The molecule has 2 heteroatoms. The lowest BCUT2D eigenvalue weighted by Gasteiger charge is -2.15. The van der Waals surface area contributed by atoms with Crippen LogP contribution in [0.4, 0.5) is 5.69 Å². The second-order valence-electron chi connectivity index (χ2n) is 4.92. The molecule has 2 aromatic carbocycles. The third kappa shape index (κ3) is 3.79. The maximum Gasteiger partial charge on any atom is 0.148 e. The minimum atomic E-state index is 0.293. The SMILES string of the molecule is C#CCOc1ccccc1CNc1c(C)cccc1CC. The molecule has 2 nitrogen and oxygen atoms in total. The van der Waals surface area contributed by atoms with Gasteiger partial charge < -0.3 is 10.1 Å². The monoisotopic (exact) mass is 279 g/mol. The van der Waals surface area contributed by atoms with Crippen molar-refractivity contribution in [2.75, 3.05) is 11.9 Å². The van der Waals surface area contributed by atoms with Gasteiger partial charge in [0.25, 0.3) is 0 Å². The Morgan fingerprint density at radius 2 is 1.86 bits per heavy atom. The molecule has 0 saturated carbocycles. The van der Waals surface area contributed by atoms with Gasteiger partial charge in [-0.25, -0.2) is 0 Å². The number of nitrogens with one attached hydrogen (secondary N) is 1. The van der Waals surface area contributed by atoms with Crippen molar-refractivity contribution in [1.29, 1.82) is 0 Å². The topological polar surface area (TPSA) is 21.3 Å². The second kappa shape index (κ2) is 7.40. The summed E-state index contributed by atoms with van der Waals surface area (Å²) in [6, 6.07) is 14.4. The summed E-state index contributed by atoms with van der Waals surface area (Å²) in [6.07, 6.45) is 6.27. The van der Waals surface area contributed by atoms with E-state index in [0.29, 0.717) is 6.61 Å². The third-order valence-corrected chi connectivity index (χ3v) is 3.48. The zero-order chi connectivity index (χ0) is 15.1. The number of benzene rings is 2. The molecule has 0 radical (unpaired) electrons. The van der Waals surface area contributed by atoms with Gasteiger partial charge in [0.1, 0.15) is 12.4 Å². The van der Waals surface area contributed by atoms with Gasteiger partial charge in [0, 0.05) is 17.8 Å². The van der Waals surface area contributed by atoms with Gasteiger partial charge in [-0.3, -0.25) is 0 Å². The third-order valence-electron chi connectivity index (χ3n) is 3.48. The summed E-state index contributed by atoms with van der Waals surface area (Å²) in [5, 5.41) is 3.53. The smallest absolute Gasteiger partial charge is 0.148 e. The van der Waals surface area contributed by atoms with Gasteiger partial charge in [-0.15, -0.1) is 6.42 Å². The fraction of sp³-hybridized carbons (Fsp3) is 0.263. The molecule has 0 saturated heterocycles. The first kappa shape index (κ1) is 15.0. The van der Waals surface area contributed by atoms with E-state index in [1.165, 1.54) is 16.8 Å². The Bertz CT molecular complexity index is 640. The highest BCUT2D eigenvalue weighted by Crippen LogP contribution is 2.24. The van der Waals surface area contributed by atoms with Gasteiger partial charge >= 0.3 is 0 Å². The summed E-state index contributed by atoms with van der Waals surface area (Å²) in [7, 11) is 0. The summed E-state index contributed by atoms with van der Waals surface area (Å²) in [5.74, 6) is 3.34. The van der Waals surface area contributed by atoms with Gasteiger partial charge in [-0.2, -0.15) is 0 Å². The van der Waals surface area contributed by atoms with Crippen molar-refractivity contribution >= 4 is 5.69 Å². The van der Waals surface area contributed by atoms with Crippen molar-refractivity contribution in [3.05, 3.63) is 59.2 Å². The Morgan fingerprint density at radius 1 is 1.10 bits per heavy atom. The summed E-state index contributed by atoms with van der Waals surface area (Å²) in [5.41, 5.74) is 4.92. The first-order valence-electron chi connectivity index (χ1n) is 7.22. The molecule has 0 atom stereocenters. The van der Waals surface area contributed by atoms with Crippen molar-refractivity contribution in [1.82, 2.24) is 0 Å². The van der Waals surface area contributed by atoms with Crippen molar-refractivity contribution in [3.8, 4) is 18.1 Å². The van der Waals surface area contributed by atoms with Gasteiger partial charge in [-0.1, -0.05) is 49.2 Å². The average molecular weight is 279 g/mol. The van der Waals surface area contributed by atoms with Crippen LogP contribution in [0, 0.1) is 19.3 Å². The van der Waals surface area contributed by atoms with Crippen LogP contribution in [0.2, 0.25) is 0 Å². The van der Waals surface area contributed by atoms with E-state index in [-0.39, 0.29) is 0 Å². The van der Waals surface area contributed by atoms with E-state index in [0.717, 1.165) is 24.3 Å². The van der Waals surface area contributed by atoms with Crippen LogP contribution in [0.25, 0.3) is 0 Å². The molecule has 21 heavy (non-hydrogen) atoms. The Morgan fingerprint density at radius 3 is 2.62 bits per heavy atom. The molecule has 0 aromatic heterocycles. The van der Waals surface area contributed by atoms with Gasteiger partial charge in [-0.05, 0) is 30.5 Å².